The third-order valence-electron chi connectivity index (χ3n) is 3.28. The van der Waals surface area contributed by atoms with E-state index in [0.717, 1.165) is 17.1 Å². The molecule has 0 saturated heterocycles. The largest absolute Gasteiger partial charge is 0.457 e. The van der Waals surface area contributed by atoms with Crippen LogP contribution in [0.15, 0.2) is 73.1 Å². The fourth-order valence-corrected chi connectivity index (χ4v) is 2.13. The minimum atomic E-state index is -0.167. The van der Waals surface area contributed by atoms with Crippen molar-refractivity contribution in [1.82, 2.24) is 4.98 Å². The topological polar surface area (TPSA) is 51.2 Å². The number of pyridine rings is 1. The average Bonchev–Trinajstić information content (AvgIpc) is 2.57. The van der Waals surface area contributed by atoms with Gasteiger partial charge >= 0.3 is 0 Å². The van der Waals surface area contributed by atoms with Crippen LogP contribution in [0.2, 0.25) is 0 Å². The molecule has 4 heteroatoms. The number of nitrogens with one attached hydrogen (secondary N) is 1. The van der Waals surface area contributed by atoms with E-state index in [9.17, 15) is 4.79 Å². The maximum absolute atomic E-state index is 12.1. The number of nitrogens with zero attached hydrogens (tertiary/aromatic N) is 1. The van der Waals surface area contributed by atoms with E-state index in [-0.39, 0.29) is 5.91 Å². The van der Waals surface area contributed by atoms with Gasteiger partial charge in [0.1, 0.15) is 11.5 Å². The highest BCUT2D eigenvalue weighted by molar-refractivity contribution is 6.04. The standard InChI is InChI=1S/C19H16N2O2/c1-14-3-2-4-18(13-14)23-17-7-5-16(6-8-17)21-19(22)15-9-11-20-12-10-15/h2-13H,1H3,(H,21,22). The molecule has 1 N–H and O–H groups in total. The maximum Gasteiger partial charge on any atom is 0.255 e. The van der Waals surface area contributed by atoms with Gasteiger partial charge < -0.3 is 10.1 Å². The molecule has 0 radical (unpaired) electrons. The maximum atomic E-state index is 12.1. The van der Waals surface area contributed by atoms with Crippen molar-refractivity contribution < 1.29 is 9.53 Å². The van der Waals surface area contributed by atoms with E-state index in [1.165, 1.54) is 0 Å². The fourth-order valence-electron chi connectivity index (χ4n) is 2.13. The highest BCUT2D eigenvalue weighted by Gasteiger charge is 2.05. The van der Waals surface area contributed by atoms with Crippen LogP contribution in [0.3, 0.4) is 0 Å². The number of carbonyl (C=O) groups excluding carboxylic acids is 1. The summed E-state index contributed by atoms with van der Waals surface area (Å²) in [6, 6.07) is 18.5. The van der Waals surface area contributed by atoms with Crippen LogP contribution >= 0.6 is 0 Å². The molecule has 1 amide bonds. The summed E-state index contributed by atoms with van der Waals surface area (Å²) in [6.45, 7) is 2.02. The predicted molar refractivity (Wildman–Crippen MR) is 89.9 cm³/mol. The number of amides is 1. The molecule has 0 fully saturated rings. The SMILES string of the molecule is Cc1cccc(Oc2ccc(NC(=O)c3ccncc3)cc2)c1. The third kappa shape index (κ3) is 3.95. The highest BCUT2D eigenvalue weighted by atomic mass is 16.5. The monoisotopic (exact) mass is 304 g/mol. The molecule has 0 unspecified atom stereocenters. The summed E-state index contributed by atoms with van der Waals surface area (Å²) in [5.74, 6) is 1.34. The van der Waals surface area contributed by atoms with Crippen LogP contribution in [0.25, 0.3) is 0 Å². The second kappa shape index (κ2) is 6.75. The van der Waals surface area contributed by atoms with Crippen LogP contribution < -0.4 is 10.1 Å². The van der Waals surface area contributed by atoms with Crippen molar-refractivity contribution in [3.63, 3.8) is 0 Å². The lowest BCUT2D eigenvalue weighted by atomic mass is 10.2. The number of ether oxygens (including phenoxy) is 1. The zero-order valence-corrected chi connectivity index (χ0v) is 12.7. The highest BCUT2D eigenvalue weighted by Crippen LogP contribution is 2.23. The lowest BCUT2D eigenvalue weighted by molar-refractivity contribution is 0.102. The van der Waals surface area contributed by atoms with Crippen molar-refractivity contribution in [2.75, 3.05) is 5.32 Å². The van der Waals surface area contributed by atoms with Gasteiger partial charge in [0.25, 0.3) is 5.91 Å². The Morgan fingerprint density at radius 3 is 2.39 bits per heavy atom. The Balaban J connectivity index is 1.66. The lowest BCUT2D eigenvalue weighted by Gasteiger charge is -2.08. The average molecular weight is 304 g/mol. The van der Waals surface area contributed by atoms with E-state index in [0.29, 0.717) is 11.3 Å². The summed E-state index contributed by atoms with van der Waals surface area (Å²) < 4.78 is 5.78. The number of rotatable bonds is 4. The second-order valence-electron chi connectivity index (χ2n) is 5.13. The number of aromatic nitrogens is 1. The van der Waals surface area contributed by atoms with E-state index in [2.05, 4.69) is 10.3 Å². The number of hydrogen-bond acceptors (Lipinski definition) is 3. The molecular weight excluding hydrogens is 288 g/mol. The minimum Gasteiger partial charge on any atom is -0.457 e. The van der Waals surface area contributed by atoms with E-state index in [4.69, 9.17) is 4.74 Å². The van der Waals surface area contributed by atoms with Gasteiger partial charge in [-0.2, -0.15) is 0 Å². The summed E-state index contributed by atoms with van der Waals surface area (Å²) >= 11 is 0. The van der Waals surface area contributed by atoms with Gasteiger partial charge in [0, 0.05) is 23.6 Å². The molecule has 0 aliphatic heterocycles. The zero-order valence-electron chi connectivity index (χ0n) is 12.7. The van der Waals surface area contributed by atoms with Crippen LogP contribution in [0, 0.1) is 6.92 Å². The summed E-state index contributed by atoms with van der Waals surface area (Å²) in [5, 5.41) is 2.84. The Morgan fingerprint density at radius 1 is 0.957 bits per heavy atom. The quantitative estimate of drug-likeness (QED) is 0.775. The van der Waals surface area contributed by atoms with Crippen LogP contribution in [-0.2, 0) is 0 Å². The Morgan fingerprint density at radius 2 is 1.70 bits per heavy atom. The summed E-state index contributed by atoms with van der Waals surface area (Å²) in [4.78, 5) is 16.0. The van der Waals surface area contributed by atoms with Gasteiger partial charge in [0.15, 0.2) is 0 Å². The normalized spacial score (nSPS) is 10.1. The van der Waals surface area contributed by atoms with Gasteiger partial charge in [-0.1, -0.05) is 12.1 Å². The first-order valence-electron chi connectivity index (χ1n) is 7.27. The molecule has 114 valence electrons. The number of carbonyl (C=O) groups is 1. The van der Waals surface area contributed by atoms with Crippen molar-refractivity contribution in [3.8, 4) is 11.5 Å². The van der Waals surface area contributed by atoms with E-state index >= 15 is 0 Å². The van der Waals surface area contributed by atoms with Crippen molar-refractivity contribution in [3.05, 3.63) is 84.2 Å². The summed E-state index contributed by atoms with van der Waals surface area (Å²) in [6.07, 6.45) is 3.18. The molecule has 0 saturated carbocycles. The van der Waals surface area contributed by atoms with E-state index < -0.39 is 0 Å². The minimum absolute atomic E-state index is 0.167. The van der Waals surface area contributed by atoms with Gasteiger partial charge in [-0.25, -0.2) is 0 Å². The molecule has 0 aliphatic carbocycles. The lowest BCUT2D eigenvalue weighted by Crippen LogP contribution is -2.11. The molecule has 3 aromatic rings. The van der Waals surface area contributed by atoms with Gasteiger partial charge in [-0.15, -0.1) is 0 Å². The number of benzene rings is 2. The molecule has 2 aromatic carbocycles. The molecule has 1 heterocycles. The predicted octanol–water partition coefficient (Wildman–Crippen LogP) is 4.43. The van der Waals surface area contributed by atoms with Crippen molar-refractivity contribution in [1.29, 1.82) is 0 Å². The Bertz CT molecular complexity index is 799. The second-order valence-corrected chi connectivity index (χ2v) is 5.13. The Kier molecular flexibility index (Phi) is 4.34. The molecule has 23 heavy (non-hydrogen) atoms. The molecule has 3 rings (SSSR count). The van der Waals surface area contributed by atoms with Crippen molar-refractivity contribution >= 4 is 11.6 Å². The van der Waals surface area contributed by atoms with Gasteiger partial charge in [0.2, 0.25) is 0 Å². The summed E-state index contributed by atoms with van der Waals surface area (Å²) in [5.41, 5.74) is 2.42. The van der Waals surface area contributed by atoms with Crippen LogP contribution in [-0.4, -0.2) is 10.9 Å². The molecule has 0 aliphatic rings. The molecule has 4 nitrogen and oxygen atoms in total. The molecular formula is C19H16N2O2. The zero-order chi connectivity index (χ0) is 16.1. The van der Waals surface area contributed by atoms with Crippen LogP contribution in [0.1, 0.15) is 15.9 Å². The number of hydrogen-bond donors (Lipinski definition) is 1. The number of aryl methyl sites for hydroxylation is 1. The fraction of sp³-hybridized carbons (Fsp3) is 0.0526. The Hall–Kier alpha value is -3.14. The van der Waals surface area contributed by atoms with Gasteiger partial charge in [0.05, 0.1) is 0 Å². The van der Waals surface area contributed by atoms with E-state index in [1.807, 2.05) is 55.5 Å². The first-order valence-corrected chi connectivity index (χ1v) is 7.27. The van der Waals surface area contributed by atoms with Crippen LogP contribution in [0.5, 0.6) is 11.5 Å². The smallest absolute Gasteiger partial charge is 0.255 e. The molecule has 1 aromatic heterocycles. The first kappa shape index (κ1) is 14.8. The Labute approximate surface area is 134 Å². The van der Waals surface area contributed by atoms with Gasteiger partial charge in [-0.3, -0.25) is 9.78 Å². The molecule has 0 atom stereocenters. The number of anilines is 1. The molecule has 0 spiro atoms. The van der Waals surface area contributed by atoms with Crippen molar-refractivity contribution in [2.45, 2.75) is 6.92 Å². The first-order chi connectivity index (χ1) is 11.2. The van der Waals surface area contributed by atoms with Gasteiger partial charge in [-0.05, 0) is 61.0 Å². The van der Waals surface area contributed by atoms with Crippen LogP contribution in [0.4, 0.5) is 5.69 Å². The molecule has 0 bridgehead atoms. The summed E-state index contributed by atoms with van der Waals surface area (Å²) in [7, 11) is 0. The third-order valence-corrected chi connectivity index (χ3v) is 3.28. The van der Waals surface area contributed by atoms with Crippen molar-refractivity contribution in [2.24, 2.45) is 0 Å². The van der Waals surface area contributed by atoms with E-state index in [1.54, 1.807) is 24.5 Å².